The lowest BCUT2D eigenvalue weighted by Gasteiger charge is -2.31. The standard InChI is InChI=1S/C21H26N2O4S/c1-3-27-19-8-4-7-18(14-19)22-21(24)17-6-5-13-23(15-17)28(25,26)20-11-9-16(2)10-12-20/h4,7-12,14,17H,3,5-6,13,15H2,1-2H3,(H,22,24). The molecule has 7 heteroatoms. The molecule has 1 aliphatic heterocycles. The summed E-state index contributed by atoms with van der Waals surface area (Å²) in [7, 11) is -3.60. The molecule has 0 spiro atoms. The second-order valence-electron chi connectivity index (χ2n) is 6.97. The van der Waals surface area contributed by atoms with Crippen LogP contribution in [0.3, 0.4) is 0 Å². The number of nitrogens with one attached hydrogen (secondary N) is 1. The van der Waals surface area contributed by atoms with Crippen LogP contribution in [-0.2, 0) is 14.8 Å². The molecule has 0 bridgehead atoms. The SMILES string of the molecule is CCOc1cccc(NC(=O)C2CCCN(S(=O)(=O)c3ccc(C)cc3)C2)c1. The summed E-state index contributed by atoms with van der Waals surface area (Å²) in [5.41, 5.74) is 1.65. The Balaban J connectivity index is 1.69. The van der Waals surface area contributed by atoms with E-state index >= 15 is 0 Å². The molecule has 1 aliphatic rings. The molecule has 28 heavy (non-hydrogen) atoms. The number of hydrogen-bond donors (Lipinski definition) is 1. The van der Waals surface area contributed by atoms with E-state index in [0.717, 1.165) is 5.56 Å². The number of benzene rings is 2. The molecule has 2 aromatic rings. The van der Waals surface area contributed by atoms with Crippen molar-refractivity contribution in [3.63, 3.8) is 0 Å². The van der Waals surface area contributed by atoms with Gasteiger partial charge in [-0.1, -0.05) is 23.8 Å². The number of anilines is 1. The summed E-state index contributed by atoms with van der Waals surface area (Å²) in [6, 6.07) is 14.0. The Hall–Kier alpha value is -2.38. The van der Waals surface area contributed by atoms with Crippen LogP contribution in [0, 0.1) is 12.8 Å². The lowest BCUT2D eigenvalue weighted by atomic mass is 9.98. The van der Waals surface area contributed by atoms with Crippen molar-refractivity contribution in [2.75, 3.05) is 25.0 Å². The van der Waals surface area contributed by atoms with Crippen LogP contribution < -0.4 is 10.1 Å². The molecule has 1 N–H and O–H groups in total. The molecule has 1 heterocycles. The average molecular weight is 403 g/mol. The summed E-state index contributed by atoms with van der Waals surface area (Å²) >= 11 is 0. The van der Waals surface area contributed by atoms with E-state index in [0.29, 0.717) is 37.4 Å². The van der Waals surface area contributed by atoms with E-state index in [-0.39, 0.29) is 23.3 Å². The minimum atomic E-state index is -3.60. The largest absolute Gasteiger partial charge is 0.494 e. The molecule has 0 saturated carbocycles. The Morgan fingerprint density at radius 2 is 1.96 bits per heavy atom. The van der Waals surface area contributed by atoms with Gasteiger partial charge in [0.25, 0.3) is 0 Å². The van der Waals surface area contributed by atoms with Crippen LogP contribution in [0.1, 0.15) is 25.3 Å². The summed E-state index contributed by atoms with van der Waals surface area (Å²) < 4.78 is 32.7. The van der Waals surface area contributed by atoms with E-state index in [2.05, 4.69) is 5.32 Å². The second-order valence-corrected chi connectivity index (χ2v) is 8.90. The van der Waals surface area contributed by atoms with Crippen molar-refractivity contribution in [3.8, 4) is 5.75 Å². The lowest BCUT2D eigenvalue weighted by molar-refractivity contribution is -0.120. The molecule has 1 amide bonds. The van der Waals surface area contributed by atoms with Crippen LogP contribution in [-0.4, -0.2) is 38.3 Å². The number of nitrogens with zero attached hydrogens (tertiary/aromatic N) is 1. The van der Waals surface area contributed by atoms with Gasteiger partial charge in [0.05, 0.1) is 17.4 Å². The maximum atomic E-state index is 12.9. The highest BCUT2D eigenvalue weighted by atomic mass is 32.2. The Labute approximate surface area is 166 Å². The fourth-order valence-electron chi connectivity index (χ4n) is 3.31. The van der Waals surface area contributed by atoms with E-state index in [1.54, 1.807) is 36.4 Å². The summed E-state index contributed by atoms with van der Waals surface area (Å²) in [4.78, 5) is 13.0. The molecule has 150 valence electrons. The van der Waals surface area contributed by atoms with Crippen molar-refractivity contribution in [2.24, 2.45) is 5.92 Å². The number of carbonyl (C=O) groups is 1. The zero-order valence-corrected chi connectivity index (χ0v) is 17.0. The van der Waals surface area contributed by atoms with Gasteiger partial charge in [0.1, 0.15) is 5.75 Å². The second kappa shape index (κ2) is 8.75. The Morgan fingerprint density at radius 3 is 2.68 bits per heavy atom. The number of hydrogen-bond acceptors (Lipinski definition) is 4. The third kappa shape index (κ3) is 4.72. The molecule has 0 radical (unpaired) electrons. The summed E-state index contributed by atoms with van der Waals surface area (Å²) in [6.07, 6.45) is 1.32. The third-order valence-electron chi connectivity index (χ3n) is 4.83. The van der Waals surface area contributed by atoms with Crippen LogP contribution in [0.25, 0.3) is 0 Å². The summed E-state index contributed by atoms with van der Waals surface area (Å²) in [5.74, 6) is 0.134. The first-order chi connectivity index (χ1) is 13.4. The molecule has 0 aliphatic carbocycles. The molecule has 1 atom stereocenters. The number of carbonyl (C=O) groups excluding carboxylic acids is 1. The highest BCUT2D eigenvalue weighted by Crippen LogP contribution is 2.25. The van der Waals surface area contributed by atoms with Gasteiger partial charge in [-0.2, -0.15) is 4.31 Å². The van der Waals surface area contributed by atoms with Gasteiger partial charge in [-0.3, -0.25) is 4.79 Å². The van der Waals surface area contributed by atoms with E-state index in [9.17, 15) is 13.2 Å². The van der Waals surface area contributed by atoms with E-state index in [1.165, 1.54) is 4.31 Å². The molecule has 1 saturated heterocycles. The quantitative estimate of drug-likeness (QED) is 0.803. The van der Waals surface area contributed by atoms with Crippen molar-refractivity contribution in [1.29, 1.82) is 0 Å². The van der Waals surface area contributed by atoms with E-state index in [4.69, 9.17) is 4.74 Å². The maximum Gasteiger partial charge on any atom is 0.243 e. The van der Waals surface area contributed by atoms with Crippen LogP contribution >= 0.6 is 0 Å². The molecule has 0 aromatic heterocycles. The van der Waals surface area contributed by atoms with Gasteiger partial charge in [-0.25, -0.2) is 8.42 Å². The van der Waals surface area contributed by atoms with Crippen LogP contribution in [0.5, 0.6) is 5.75 Å². The van der Waals surface area contributed by atoms with Gasteiger partial charge < -0.3 is 10.1 Å². The number of ether oxygens (including phenoxy) is 1. The lowest BCUT2D eigenvalue weighted by Crippen LogP contribution is -2.43. The van der Waals surface area contributed by atoms with Crippen molar-refractivity contribution < 1.29 is 17.9 Å². The number of aryl methyl sites for hydroxylation is 1. The zero-order valence-electron chi connectivity index (χ0n) is 16.2. The molecule has 6 nitrogen and oxygen atoms in total. The monoisotopic (exact) mass is 402 g/mol. The van der Waals surface area contributed by atoms with Gasteiger partial charge in [0.2, 0.25) is 15.9 Å². The minimum Gasteiger partial charge on any atom is -0.494 e. The predicted molar refractivity (Wildman–Crippen MR) is 109 cm³/mol. The Kier molecular flexibility index (Phi) is 6.36. The smallest absolute Gasteiger partial charge is 0.243 e. The molecular weight excluding hydrogens is 376 g/mol. The van der Waals surface area contributed by atoms with Gasteiger partial charge >= 0.3 is 0 Å². The van der Waals surface area contributed by atoms with Crippen LogP contribution in [0.2, 0.25) is 0 Å². The predicted octanol–water partition coefficient (Wildman–Crippen LogP) is 3.43. The van der Waals surface area contributed by atoms with Crippen molar-refractivity contribution in [3.05, 3.63) is 54.1 Å². The molecule has 1 unspecified atom stereocenters. The highest BCUT2D eigenvalue weighted by molar-refractivity contribution is 7.89. The Morgan fingerprint density at radius 1 is 1.21 bits per heavy atom. The number of amides is 1. The average Bonchev–Trinajstić information content (AvgIpc) is 2.69. The highest BCUT2D eigenvalue weighted by Gasteiger charge is 2.33. The topological polar surface area (TPSA) is 75.7 Å². The van der Waals surface area contributed by atoms with Crippen molar-refractivity contribution in [2.45, 2.75) is 31.6 Å². The fourth-order valence-corrected chi connectivity index (χ4v) is 4.83. The van der Waals surface area contributed by atoms with Gasteiger partial charge in [-0.15, -0.1) is 0 Å². The van der Waals surface area contributed by atoms with Crippen LogP contribution in [0.15, 0.2) is 53.4 Å². The van der Waals surface area contributed by atoms with E-state index < -0.39 is 10.0 Å². The summed E-state index contributed by atoms with van der Waals surface area (Å²) in [6.45, 7) is 4.98. The van der Waals surface area contributed by atoms with Crippen LogP contribution in [0.4, 0.5) is 5.69 Å². The Bertz CT molecular complexity index is 926. The summed E-state index contributed by atoms with van der Waals surface area (Å²) in [5, 5.41) is 2.89. The molecule has 3 rings (SSSR count). The third-order valence-corrected chi connectivity index (χ3v) is 6.71. The minimum absolute atomic E-state index is 0.169. The van der Waals surface area contributed by atoms with Gasteiger partial charge in [0.15, 0.2) is 0 Å². The molecular formula is C21H26N2O4S. The van der Waals surface area contributed by atoms with Gasteiger partial charge in [0, 0.05) is 24.8 Å². The maximum absolute atomic E-state index is 12.9. The van der Waals surface area contributed by atoms with Crippen molar-refractivity contribution >= 4 is 21.6 Å². The first-order valence-electron chi connectivity index (χ1n) is 9.50. The number of piperidine rings is 1. The first kappa shape index (κ1) is 20.4. The normalized spacial score (nSPS) is 17.9. The fraction of sp³-hybridized carbons (Fsp3) is 0.381. The zero-order chi connectivity index (χ0) is 20.1. The van der Waals surface area contributed by atoms with Crippen molar-refractivity contribution in [1.82, 2.24) is 4.31 Å². The number of rotatable bonds is 6. The number of sulfonamides is 1. The molecule has 2 aromatic carbocycles. The van der Waals surface area contributed by atoms with Gasteiger partial charge in [-0.05, 0) is 51.0 Å². The first-order valence-corrected chi connectivity index (χ1v) is 10.9. The molecule has 1 fully saturated rings. The van der Waals surface area contributed by atoms with E-state index in [1.807, 2.05) is 26.0 Å².